The zero-order valence-electron chi connectivity index (χ0n) is 8.85. The number of pyridine rings is 1. The molecule has 0 saturated heterocycles. The molecule has 3 N–H and O–H groups in total. The monoisotopic (exact) mass is 204 g/mol. The Morgan fingerprint density at radius 2 is 2.40 bits per heavy atom. The molecule has 0 spiro atoms. The van der Waals surface area contributed by atoms with Crippen LogP contribution in [0.2, 0.25) is 0 Å². The van der Waals surface area contributed by atoms with Crippen LogP contribution in [-0.4, -0.2) is 17.0 Å². The minimum absolute atomic E-state index is 0.105. The van der Waals surface area contributed by atoms with Gasteiger partial charge in [-0.3, -0.25) is 9.98 Å². The number of nitrogens with one attached hydrogen (secondary N) is 1. The second kappa shape index (κ2) is 4.29. The fraction of sp³-hybridized carbons (Fsp3) is 0.455. The second-order valence-electron chi connectivity index (χ2n) is 3.87. The Morgan fingerprint density at radius 3 is 3.00 bits per heavy atom. The Bertz CT molecular complexity index is 343. The third-order valence-electron chi connectivity index (χ3n) is 2.36. The first-order valence-electron chi connectivity index (χ1n) is 5.26. The zero-order valence-corrected chi connectivity index (χ0v) is 8.85. The van der Waals surface area contributed by atoms with Crippen molar-refractivity contribution in [3.05, 3.63) is 30.1 Å². The van der Waals surface area contributed by atoms with Gasteiger partial charge in [0.1, 0.15) is 0 Å². The van der Waals surface area contributed by atoms with Crippen LogP contribution in [0.5, 0.6) is 0 Å². The highest BCUT2D eigenvalue weighted by molar-refractivity contribution is 5.78. The maximum Gasteiger partial charge on any atom is 0.189 e. The van der Waals surface area contributed by atoms with Crippen LogP contribution in [0.3, 0.4) is 0 Å². The number of hydrogen-bond donors (Lipinski definition) is 2. The van der Waals surface area contributed by atoms with Crippen molar-refractivity contribution in [1.29, 1.82) is 0 Å². The van der Waals surface area contributed by atoms with Gasteiger partial charge in [0.15, 0.2) is 5.96 Å². The first-order valence-corrected chi connectivity index (χ1v) is 5.26. The van der Waals surface area contributed by atoms with Crippen molar-refractivity contribution in [2.24, 2.45) is 10.7 Å². The number of nitrogens with two attached hydrogens (primary N) is 1. The Labute approximate surface area is 89.6 Å². The normalized spacial score (nSPS) is 18.6. The molecular formula is C11H16N4. The molecule has 0 radical (unpaired) electrons. The highest BCUT2D eigenvalue weighted by Crippen LogP contribution is 2.23. The molecule has 1 aliphatic carbocycles. The molecule has 1 saturated carbocycles. The number of nitrogens with zero attached hydrogens (tertiary/aromatic N) is 2. The van der Waals surface area contributed by atoms with E-state index in [1.807, 2.05) is 25.1 Å². The smallest absolute Gasteiger partial charge is 0.189 e. The molecule has 1 unspecified atom stereocenters. The summed E-state index contributed by atoms with van der Waals surface area (Å²) in [6.45, 7) is 2.03. The number of aromatic nitrogens is 1. The van der Waals surface area contributed by atoms with E-state index in [9.17, 15) is 0 Å². The maximum absolute atomic E-state index is 5.76. The predicted molar refractivity (Wildman–Crippen MR) is 60.4 cm³/mol. The SMILES string of the molecule is CC(NC(N)=NC1CC1)c1ccccn1. The molecule has 1 fully saturated rings. The minimum atomic E-state index is 0.105. The van der Waals surface area contributed by atoms with Crippen molar-refractivity contribution >= 4 is 5.96 Å². The van der Waals surface area contributed by atoms with E-state index >= 15 is 0 Å². The van der Waals surface area contributed by atoms with E-state index in [1.54, 1.807) is 6.20 Å². The van der Waals surface area contributed by atoms with Crippen LogP contribution in [-0.2, 0) is 0 Å². The lowest BCUT2D eigenvalue weighted by molar-refractivity contribution is 0.684. The van der Waals surface area contributed by atoms with Gasteiger partial charge in [-0.15, -0.1) is 0 Å². The van der Waals surface area contributed by atoms with Gasteiger partial charge < -0.3 is 11.1 Å². The van der Waals surface area contributed by atoms with E-state index < -0.39 is 0 Å². The van der Waals surface area contributed by atoms with Crippen molar-refractivity contribution in [2.75, 3.05) is 0 Å². The molecular weight excluding hydrogens is 188 g/mol. The van der Waals surface area contributed by atoms with E-state index in [0.717, 1.165) is 5.69 Å². The largest absolute Gasteiger partial charge is 0.370 e. The fourth-order valence-corrected chi connectivity index (χ4v) is 1.37. The van der Waals surface area contributed by atoms with Crippen LogP contribution in [0, 0.1) is 0 Å². The standard InChI is InChI=1S/C11H16N4/c1-8(10-4-2-3-7-13-10)14-11(12)15-9-5-6-9/h2-4,7-9H,5-6H2,1H3,(H3,12,14,15). The average Bonchev–Trinajstić information content (AvgIpc) is 3.03. The number of rotatable bonds is 3. The molecule has 4 heteroatoms. The molecule has 1 aromatic heterocycles. The van der Waals surface area contributed by atoms with Gasteiger partial charge in [0.2, 0.25) is 0 Å². The Hall–Kier alpha value is -1.58. The van der Waals surface area contributed by atoms with E-state index in [2.05, 4.69) is 15.3 Å². The van der Waals surface area contributed by atoms with Crippen LogP contribution < -0.4 is 11.1 Å². The lowest BCUT2D eigenvalue weighted by Gasteiger charge is -2.13. The Morgan fingerprint density at radius 1 is 1.60 bits per heavy atom. The summed E-state index contributed by atoms with van der Waals surface area (Å²) in [4.78, 5) is 8.56. The number of hydrogen-bond acceptors (Lipinski definition) is 2. The molecule has 4 nitrogen and oxygen atoms in total. The third-order valence-corrected chi connectivity index (χ3v) is 2.36. The first kappa shape index (κ1) is 9.96. The van der Waals surface area contributed by atoms with Gasteiger partial charge in [0, 0.05) is 6.20 Å². The van der Waals surface area contributed by atoms with Crippen LogP contribution in [0.1, 0.15) is 31.5 Å². The van der Waals surface area contributed by atoms with Crippen LogP contribution in [0.15, 0.2) is 29.4 Å². The second-order valence-corrected chi connectivity index (χ2v) is 3.87. The van der Waals surface area contributed by atoms with Gasteiger partial charge in [-0.2, -0.15) is 0 Å². The molecule has 2 rings (SSSR count). The van der Waals surface area contributed by atoms with E-state index in [-0.39, 0.29) is 6.04 Å². The van der Waals surface area contributed by atoms with Gasteiger partial charge >= 0.3 is 0 Å². The summed E-state index contributed by atoms with van der Waals surface area (Å²) < 4.78 is 0. The highest BCUT2D eigenvalue weighted by atomic mass is 15.1. The lowest BCUT2D eigenvalue weighted by Crippen LogP contribution is -2.34. The lowest BCUT2D eigenvalue weighted by atomic mass is 10.2. The quantitative estimate of drug-likeness (QED) is 0.574. The summed E-state index contributed by atoms with van der Waals surface area (Å²) in [7, 11) is 0. The van der Waals surface area contributed by atoms with E-state index in [0.29, 0.717) is 12.0 Å². The van der Waals surface area contributed by atoms with Crippen molar-refractivity contribution in [3.63, 3.8) is 0 Å². The van der Waals surface area contributed by atoms with E-state index in [1.165, 1.54) is 12.8 Å². The molecule has 1 aliphatic rings. The molecule has 1 aromatic rings. The van der Waals surface area contributed by atoms with Crippen LogP contribution in [0.25, 0.3) is 0 Å². The van der Waals surface area contributed by atoms with Crippen molar-refractivity contribution < 1.29 is 0 Å². The zero-order chi connectivity index (χ0) is 10.7. The topological polar surface area (TPSA) is 63.3 Å². The maximum atomic E-state index is 5.76. The average molecular weight is 204 g/mol. The van der Waals surface area contributed by atoms with Gasteiger partial charge in [-0.1, -0.05) is 6.07 Å². The van der Waals surface area contributed by atoms with Crippen molar-refractivity contribution in [1.82, 2.24) is 10.3 Å². The first-order chi connectivity index (χ1) is 7.25. The summed E-state index contributed by atoms with van der Waals surface area (Å²) in [5.74, 6) is 0.524. The van der Waals surface area contributed by atoms with Gasteiger partial charge in [-0.25, -0.2) is 0 Å². The fourth-order valence-electron chi connectivity index (χ4n) is 1.37. The third kappa shape index (κ3) is 2.94. The van der Waals surface area contributed by atoms with Crippen molar-refractivity contribution in [2.45, 2.75) is 31.8 Å². The molecule has 0 aliphatic heterocycles. The van der Waals surface area contributed by atoms with Crippen molar-refractivity contribution in [3.8, 4) is 0 Å². The highest BCUT2D eigenvalue weighted by Gasteiger charge is 2.20. The van der Waals surface area contributed by atoms with Gasteiger partial charge in [0.05, 0.1) is 17.8 Å². The van der Waals surface area contributed by atoms with Gasteiger partial charge in [-0.05, 0) is 31.9 Å². The molecule has 0 amide bonds. The molecule has 1 heterocycles. The molecule has 80 valence electrons. The Balaban J connectivity index is 1.94. The molecule has 0 bridgehead atoms. The molecule has 15 heavy (non-hydrogen) atoms. The summed E-state index contributed by atoms with van der Waals surface area (Å²) in [5.41, 5.74) is 6.74. The van der Waals surface area contributed by atoms with E-state index in [4.69, 9.17) is 5.73 Å². The molecule has 0 aromatic carbocycles. The molecule has 1 atom stereocenters. The van der Waals surface area contributed by atoms with Crippen LogP contribution >= 0.6 is 0 Å². The summed E-state index contributed by atoms with van der Waals surface area (Å²) in [6, 6.07) is 6.40. The Kier molecular flexibility index (Phi) is 2.85. The van der Waals surface area contributed by atoms with Crippen LogP contribution in [0.4, 0.5) is 0 Å². The summed E-state index contributed by atoms with van der Waals surface area (Å²) in [6.07, 6.45) is 4.11. The summed E-state index contributed by atoms with van der Waals surface area (Å²) >= 11 is 0. The summed E-state index contributed by atoms with van der Waals surface area (Å²) in [5, 5.41) is 3.13. The number of aliphatic imine (C=N–C) groups is 1. The minimum Gasteiger partial charge on any atom is -0.370 e. The number of guanidine groups is 1. The predicted octanol–water partition coefficient (Wildman–Crippen LogP) is 1.21. The van der Waals surface area contributed by atoms with Gasteiger partial charge in [0.25, 0.3) is 0 Å².